The van der Waals surface area contributed by atoms with Crippen LogP contribution in [0.5, 0.6) is 5.75 Å². The van der Waals surface area contributed by atoms with Crippen LogP contribution in [0, 0.1) is 5.82 Å². The summed E-state index contributed by atoms with van der Waals surface area (Å²) in [7, 11) is -4.17. The van der Waals surface area contributed by atoms with Crippen molar-refractivity contribution >= 4 is 10.0 Å². The molecule has 136 valence electrons. The number of sulfonamides is 1. The van der Waals surface area contributed by atoms with Crippen molar-refractivity contribution in [3.8, 4) is 16.9 Å². The van der Waals surface area contributed by atoms with E-state index in [0.29, 0.717) is 5.56 Å². The molecule has 0 unspecified atom stereocenters. The lowest BCUT2D eigenvalue weighted by molar-refractivity contribution is -0.274. The van der Waals surface area contributed by atoms with E-state index in [1.807, 2.05) is 4.72 Å². The van der Waals surface area contributed by atoms with Gasteiger partial charge in [0.05, 0.1) is 6.61 Å². The van der Waals surface area contributed by atoms with Crippen molar-refractivity contribution in [2.45, 2.75) is 11.3 Å². The molecule has 0 aliphatic rings. The minimum absolute atomic E-state index is 0.282. The molecule has 0 aliphatic heterocycles. The number of alkyl halides is 3. The summed E-state index contributed by atoms with van der Waals surface area (Å²) in [5, 5.41) is 8.67. The van der Waals surface area contributed by atoms with Crippen molar-refractivity contribution in [3.05, 3.63) is 48.3 Å². The first kappa shape index (κ1) is 19.2. The smallest absolute Gasteiger partial charge is 0.406 e. The Kier molecular flexibility index (Phi) is 5.65. The normalized spacial score (nSPS) is 12.2. The molecule has 0 aromatic heterocycles. The Morgan fingerprint density at radius 2 is 1.64 bits per heavy atom. The van der Waals surface area contributed by atoms with Crippen LogP contribution in [-0.2, 0) is 10.0 Å². The second-order valence-electron chi connectivity index (χ2n) is 4.84. The van der Waals surface area contributed by atoms with Gasteiger partial charge < -0.3 is 9.84 Å². The van der Waals surface area contributed by atoms with Crippen molar-refractivity contribution in [1.29, 1.82) is 0 Å². The van der Waals surface area contributed by atoms with Crippen LogP contribution in [-0.4, -0.2) is 33.0 Å². The van der Waals surface area contributed by atoms with Gasteiger partial charge in [-0.25, -0.2) is 17.5 Å². The average molecular weight is 379 g/mol. The van der Waals surface area contributed by atoms with Gasteiger partial charge >= 0.3 is 6.36 Å². The summed E-state index contributed by atoms with van der Waals surface area (Å²) in [5.74, 6) is -1.43. The zero-order valence-electron chi connectivity index (χ0n) is 12.5. The zero-order chi connectivity index (χ0) is 18.7. The van der Waals surface area contributed by atoms with Crippen LogP contribution < -0.4 is 9.46 Å². The van der Waals surface area contributed by atoms with E-state index in [-0.39, 0.29) is 12.1 Å². The summed E-state index contributed by atoms with van der Waals surface area (Å²) in [6.45, 7) is -0.739. The van der Waals surface area contributed by atoms with Gasteiger partial charge in [0.15, 0.2) is 0 Å². The lowest BCUT2D eigenvalue weighted by Crippen LogP contribution is -2.27. The van der Waals surface area contributed by atoms with Crippen LogP contribution in [0.25, 0.3) is 11.1 Å². The quantitative estimate of drug-likeness (QED) is 0.757. The van der Waals surface area contributed by atoms with Crippen molar-refractivity contribution in [2.24, 2.45) is 0 Å². The molecule has 0 spiro atoms. The number of hydrogen-bond donors (Lipinski definition) is 2. The number of aliphatic hydroxyl groups is 1. The Hall–Kier alpha value is -2.17. The molecule has 5 nitrogen and oxygen atoms in total. The molecule has 0 radical (unpaired) electrons. The first-order valence-corrected chi connectivity index (χ1v) is 8.37. The highest BCUT2D eigenvalue weighted by molar-refractivity contribution is 7.89. The Labute approximate surface area is 140 Å². The molecule has 10 heteroatoms. The Bertz CT molecular complexity index is 836. The molecule has 0 amide bonds. The molecule has 0 heterocycles. The summed E-state index contributed by atoms with van der Waals surface area (Å²) < 4.78 is 80.0. The van der Waals surface area contributed by atoms with Crippen LogP contribution in [0.1, 0.15) is 0 Å². The number of rotatable bonds is 6. The van der Waals surface area contributed by atoms with Crippen LogP contribution in [0.3, 0.4) is 0 Å². The molecule has 0 saturated heterocycles. The lowest BCUT2D eigenvalue weighted by atomic mass is 10.1. The van der Waals surface area contributed by atoms with Gasteiger partial charge in [0, 0.05) is 6.54 Å². The maximum atomic E-state index is 13.8. The van der Waals surface area contributed by atoms with Crippen LogP contribution >= 0.6 is 0 Å². The third-order valence-electron chi connectivity index (χ3n) is 3.05. The Morgan fingerprint density at radius 1 is 1.04 bits per heavy atom. The Morgan fingerprint density at radius 3 is 2.20 bits per heavy atom. The lowest BCUT2D eigenvalue weighted by Gasteiger charge is -2.11. The SMILES string of the molecule is O=S(=O)(NCCO)c1cc(-c2ccc(OC(F)(F)F)cc2)ccc1F. The molecular formula is C15H13F4NO4S. The third-order valence-corrected chi connectivity index (χ3v) is 4.52. The molecule has 0 saturated carbocycles. The fraction of sp³-hybridized carbons (Fsp3) is 0.200. The van der Waals surface area contributed by atoms with Crippen molar-refractivity contribution < 1.29 is 35.8 Å². The summed E-state index contributed by atoms with van der Waals surface area (Å²) in [6, 6.07) is 7.96. The monoisotopic (exact) mass is 379 g/mol. The minimum Gasteiger partial charge on any atom is -0.406 e. The van der Waals surface area contributed by atoms with Gasteiger partial charge in [-0.05, 0) is 35.4 Å². The van der Waals surface area contributed by atoms with Crippen LogP contribution in [0.2, 0.25) is 0 Å². The highest BCUT2D eigenvalue weighted by Gasteiger charge is 2.31. The van der Waals surface area contributed by atoms with E-state index in [2.05, 4.69) is 4.74 Å². The molecular weight excluding hydrogens is 366 g/mol. The number of hydrogen-bond acceptors (Lipinski definition) is 4. The van der Waals surface area contributed by atoms with Crippen LogP contribution in [0.4, 0.5) is 17.6 Å². The van der Waals surface area contributed by atoms with Crippen molar-refractivity contribution in [1.82, 2.24) is 4.72 Å². The minimum atomic E-state index is -4.82. The number of nitrogens with one attached hydrogen (secondary N) is 1. The van der Waals surface area contributed by atoms with Gasteiger partial charge in [0.1, 0.15) is 16.5 Å². The van der Waals surface area contributed by atoms with E-state index in [4.69, 9.17) is 5.11 Å². The van der Waals surface area contributed by atoms with E-state index in [0.717, 1.165) is 24.3 Å². The largest absolute Gasteiger partial charge is 0.573 e. The topological polar surface area (TPSA) is 75.6 Å². The van der Waals surface area contributed by atoms with Crippen LogP contribution in [0.15, 0.2) is 47.4 Å². The third kappa shape index (κ3) is 5.15. The van der Waals surface area contributed by atoms with Crippen molar-refractivity contribution in [3.63, 3.8) is 0 Å². The summed E-state index contributed by atoms with van der Waals surface area (Å²) in [4.78, 5) is -0.630. The predicted molar refractivity (Wildman–Crippen MR) is 80.8 cm³/mol. The first-order chi connectivity index (χ1) is 11.6. The maximum Gasteiger partial charge on any atom is 0.573 e. The Balaban J connectivity index is 2.33. The fourth-order valence-electron chi connectivity index (χ4n) is 2.00. The van der Waals surface area contributed by atoms with E-state index in [9.17, 15) is 26.0 Å². The molecule has 0 atom stereocenters. The predicted octanol–water partition coefficient (Wildman–Crippen LogP) is 2.66. The van der Waals surface area contributed by atoms with Gasteiger partial charge in [-0.15, -0.1) is 13.2 Å². The van der Waals surface area contributed by atoms with E-state index >= 15 is 0 Å². The van der Waals surface area contributed by atoms with Gasteiger partial charge in [-0.3, -0.25) is 0 Å². The number of benzene rings is 2. The van der Waals surface area contributed by atoms with E-state index < -0.39 is 39.5 Å². The molecule has 0 aliphatic carbocycles. The van der Waals surface area contributed by atoms with Gasteiger partial charge in [0.25, 0.3) is 0 Å². The maximum absolute atomic E-state index is 13.8. The number of ether oxygens (including phenoxy) is 1. The zero-order valence-corrected chi connectivity index (χ0v) is 13.4. The molecule has 2 aromatic rings. The van der Waals surface area contributed by atoms with E-state index in [1.54, 1.807) is 0 Å². The number of halogens is 4. The average Bonchev–Trinajstić information content (AvgIpc) is 2.52. The van der Waals surface area contributed by atoms with E-state index in [1.165, 1.54) is 18.2 Å². The summed E-state index contributed by atoms with van der Waals surface area (Å²) in [6.07, 6.45) is -4.82. The summed E-state index contributed by atoms with van der Waals surface area (Å²) >= 11 is 0. The highest BCUT2D eigenvalue weighted by Crippen LogP contribution is 2.28. The van der Waals surface area contributed by atoms with Gasteiger partial charge in [-0.1, -0.05) is 18.2 Å². The second-order valence-corrected chi connectivity index (χ2v) is 6.57. The second kappa shape index (κ2) is 7.38. The molecule has 25 heavy (non-hydrogen) atoms. The van der Waals surface area contributed by atoms with Gasteiger partial charge in [0.2, 0.25) is 10.0 Å². The van der Waals surface area contributed by atoms with Gasteiger partial charge in [-0.2, -0.15) is 0 Å². The molecule has 2 aromatic carbocycles. The molecule has 2 N–H and O–H groups in total. The fourth-order valence-corrected chi connectivity index (χ4v) is 3.12. The molecule has 2 rings (SSSR count). The standard InChI is InChI=1S/C15H13F4NO4S/c16-13-6-3-11(9-14(13)25(22,23)20-7-8-21)10-1-4-12(5-2-10)24-15(17,18)19/h1-6,9,20-21H,7-8H2. The highest BCUT2D eigenvalue weighted by atomic mass is 32.2. The molecule has 0 bridgehead atoms. The number of aliphatic hydroxyl groups excluding tert-OH is 1. The van der Waals surface area contributed by atoms with Crippen molar-refractivity contribution in [2.75, 3.05) is 13.2 Å². The first-order valence-electron chi connectivity index (χ1n) is 6.88. The summed E-state index contributed by atoms with van der Waals surface area (Å²) in [5.41, 5.74) is 0.650. The molecule has 0 fully saturated rings.